The minimum atomic E-state index is -1.13. The molecule has 0 aliphatic heterocycles. The van der Waals surface area contributed by atoms with E-state index in [0.29, 0.717) is 22.5 Å². The Morgan fingerprint density at radius 1 is 0.967 bits per heavy atom. The number of anilines is 1. The second-order valence-electron chi connectivity index (χ2n) is 6.83. The zero-order valence-electron chi connectivity index (χ0n) is 16.1. The number of fused-ring (bicyclic) bond motifs is 2. The molecular weight excluding hydrogens is 388 g/mol. The van der Waals surface area contributed by atoms with Crippen LogP contribution in [0.4, 0.5) is 5.69 Å². The molecule has 1 heterocycles. The van der Waals surface area contributed by atoms with E-state index >= 15 is 0 Å². The van der Waals surface area contributed by atoms with E-state index in [9.17, 15) is 19.2 Å². The number of aryl methyl sites for hydroxylation is 1. The molecule has 0 radical (unpaired) electrons. The molecule has 0 unspecified atom stereocenters. The van der Waals surface area contributed by atoms with Gasteiger partial charge in [-0.1, -0.05) is 29.4 Å². The van der Waals surface area contributed by atoms with Crippen molar-refractivity contribution in [1.29, 1.82) is 0 Å². The van der Waals surface area contributed by atoms with Gasteiger partial charge < -0.3 is 14.6 Å². The number of ketones is 2. The van der Waals surface area contributed by atoms with Crippen LogP contribution in [0.15, 0.2) is 53.1 Å². The fourth-order valence-corrected chi connectivity index (χ4v) is 3.15. The van der Waals surface area contributed by atoms with Crippen molar-refractivity contribution in [2.45, 2.75) is 20.0 Å². The number of hydrogen-bond acceptors (Lipinski definition) is 7. The highest BCUT2D eigenvalue weighted by atomic mass is 16.6. The van der Waals surface area contributed by atoms with Crippen LogP contribution in [0.5, 0.6) is 0 Å². The van der Waals surface area contributed by atoms with Crippen LogP contribution < -0.4 is 5.32 Å². The molecule has 4 rings (SSSR count). The minimum absolute atomic E-state index is 0.108. The van der Waals surface area contributed by atoms with E-state index in [1.165, 1.54) is 31.2 Å². The summed E-state index contributed by atoms with van der Waals surface area (Å²) in [5.41, 5.74) is 1.97. The first-order chi connectivity index (χ1) is 14.3. The summed E-state index contributed by atoms with van der Waals surface area (Å²) in [6, 6.07) is 12.4. The number of aromatic nitrogens is 1. The largest absolute Gasteiger partial charge is 0.447 e. The highest BCUT2D eigenvalue weighted by Gasteiger charge is 2.30. The lowest BCUT2D eigenvalue weighted by Crippen LogP contribution is -2.30. The topological polar surface area (TPSA) is 116 Å². The maximum atomic E-state index is 12.8. The van der Waals surface area contributed by atoms with Gasteiger partial charge in [-0.3, -0.25) is 14.4 Å². The van der Waals surface area contributed by atoms with E-state index < -0.39 is 18.0 Å². The molecule has 1 atom stereocenters. The summed E-state index contributed by atoms with van der Waals surface area (Å²) < 4.78 is 9.89. The molecule has 2 aromatic carbocycles. The van der Waals surface area contributed by atoms with E-state index in [2.05, 4.69) is 10.5 Å². The molecule has 150 valence electrons. The summed E-state index contributed by atoms with van der Waals surface area (Å²) in [5.74, 6) is -2.07. The Balaban J connectivity index is 1.50. The first-order valence-electron chi connectivity index (χ1n) is 9.13. The zero-order valence-corrected chi connectivity index (χ0v) is 16.1. The SMILES string of the molecule is Cc1cc(C(=O)O[C@@H](C)C(=O)Nc2ccc3c(c2)C(=O)c2ccccc2C3=O)on1. The molecule has 0 saturated heterocycles. The normalized spacial score (nSPS) is 13.3. The third-order valence-electron chi connectivity index (χ3n) is 4.67. The van der Waals surface area contributed by atoms with Crippen LogP contribution >= 0.6 is 0 Å². The predicted octanol–water partition coefficient (Wildman–Crippen LogP) is 2.94. The number of nitrogens with zero attached hydrogens (tertiary/aromatic N) is 1. The van der Waals surface area contributed by atoms with Gasteiger partial charge in [0.2, 0.25) is 5.76 Å². The summed E-state index contributed by atoms with van der Waals surface area (Å²) >= 11 is 0. The summed E-state index contributed by atoms with van der Waals surface area (Å²) in [4.78, 5) is 49.8. The summed E-state index contributed by atoms with van der Waals surface area (Å²) in [5, 5.41) is 6.18. The van der Waals surface area contributed by atoms with E-state index in [0.717, 1.165) is 0 Å². The molecule has 8 nitrogen and oxygen atoms in total. The predicted molar refractivity (Wildman–Crippen MR) is 104 cm³/mol. The Morgan fingerprint density at radius 3 is 2.23 bits per heavy atom. The lowest BCUT2D eigenvalue weighted by molar-refractivity contribution is -0.123. The number of benzene rings is 2. The van der Waals surface area contributed by atoms with Gasteiger partial charge in [-0.25, -0.2) is 4.79 Å². The van der Waals surface area contributed by atoms with Crippen LogP contribution in [0.25, 0.3) is 0 Å². The Hall–Kier alpha value is -4.07. The second-order valence-corrected chi connectivity index (χ2v) is 6.83. The second kappa shape index (κ2) is 7.40. The molecule has 0 spiro atoms. The standard InChI is InChI=1S/C22H16N2O6/c1-11-9-18(30-24-11)22(28)29-12(2)21(27)23-13-7-8-16-17(10-13)20(26)15-6-4-3-5-14(15)19(16)25/h3-10,12H,1-2H3,(H,23,27)/t12-/m0/s1. The molecule has 1 aliphatic carbocycles. The highest BCUT2D eigenvalue weighted by molar-refractivity contribution is 6.28. The number of nitrogens with one attached hydrogen (secondary N) is 1. The molecule has 0 bridgehead atoms. The lowest BCUT2D eigenvalue weighted by atomic mass is 9.84. The molecule has 1 aromatic heterocycles. The molecule has 0 saturated carbocycles. The smallest absolute Gasteiger partial charge is 0.377 e. The van der Waals surface area contributed by atoms with Crippen molar-refractivity contribution in [1.82, 2.24) is 5.16 Å². The van der Waals surface area contributed by atoms with Gasteiger partial charge in [0.25, 0.3) is 5.91 Å². The van der Waals surface area contributed by atoms with Crippen molar-refractivity contribution >= 4 is 29.1 Å². The van der Waals surface area contributed by atoms with Gasteiger partial charge in [-0.05, 0) is 32.0 Å². The zero-order chi connectivity index (χ0) is 21.4. The highest BCUT2D eigenvalue weighted by Crippen LogP contribution is 2.29. The number of carbonyl (C=O) groups is 4. The molecule has 1 aliphatic rings. The number of esters is 1. The Bertz CT molecular complexity index is 1210. The fraction of sp³-hybridized carbons (Fsp3) is 0.136. The lowest BCUT2D eigenvalue weighted by Gasteiger charge is -2.18. The monoisotopic (exact) mass is 404 g/mol. The number of ether oxygens (including phenoxy) is 1. The van der Waals surface area contributed by atoms with Gasteiger partial charge in [0, 0.05) is 34.0 Å². The average Bonchev–Trinajstić information content (AvgIpc) is 3.18. The molecule has 3 aromatic rings. The van der Waals surface area contributed by atoms with Crippen molar-refractivity contribution in [2.75, 3.05) is 5.32 Å². The Kier molecular flexibility index (Phi) is 4.75. The van der Waals surface area contributed by atoms with Crippen LogP contribution in [0.3, 0.4) is 0 Å². The summed E-state index contributed by atoms with van der Waals surface area (Å²) in [6.07, 6.45) is -1.13. The Labute approximate surface area is 170 Å². The van der Waals surface area contributed by atoms with Crippen molar-refractivity contribution in [3.05, 3.63) is 82.2 Å². The van der Waals surface area contributed by atoms with Gasteiger partial charge in [-0.2, -0.15) is 0 Å². The molecule has 1 N–H and O–H groups in total. The van der Waals surface area contributed by atoms with Crippen molar-refractivity contribution in [2.24, 2.45) is 0 Å². The quantitative estimate of drug-likeness (QED) is 0.520. The number of amides is 1. The minimum Gasteiger partial charge on any atom is -0.447 e. The summed E-state index contributed by atoms with van der Waals surface area (Å²) in [6.45, 7) is 3.05. The molecular formula is C22H16N2O6. The van der Waals surface area contributed by atoms with E-state index in [1.807, 2.05) is 0 Å². The van der Waals surface area contributed by atoms with Gasteiger partial charge in [0.1, 0.15) is 0 Å². The maximum absolute atomic E-state index is 12.8. The average molecular weight is 404 g/mol. The number of hydrogen-bond donors (Lipinski definition) is 1. The van der Waals surface area contributed by atoms with Crippen molar-refractivity contribution in [3.63, 3.8) is 0 Å². The molecule has 0 fully saturated rings. The summed E-state index contributed by atoms with van der Waals surface area (Å²) in [7, 11) is 0. The molecule has 1 amide bonds. The van der Waals surface area contributed by atoms with Crippen molar-refractivity contribution < 1.29 is 28.4 Å². The van der Waals surface area contributed by atoms with Gasteiger partial charge in [0.05, 0.1) is 5.69 Å². The third kappa shape index (κ3) is 3.39. The van der Waals surface area contributed by atoms with Gasteiger partial charge in [0.15, 0.2) is 17.7 Å². The van der Waals surface area contributed by atoms with E-state index in [4.69, 9.17) is 9.26 Å². The molecule has 8 heteroatoms. The van der Waals surface area contributed by atoms with E-state index in [-0.39, 0.29) is 28.5 Å². The maximum Gasteiger partial charge on any atom is 0.377 e. The van der Waals surface area contributed by atoms with Gasteiger partial charge in [-0.15, -0.1) is 0 Å². The van der Waals surface area contributed by atoms with Crippen LogP contribution in [0.2, 0.25) is 0 Å². The van der Waals surface area contributed by atoms with Crippen LogP contribution in [-0.2, 0) is 9.53 Å². The molecule has 30 heavy (non-hydrogen) atoms. The number of carbonyl (C=O) groups excluding carboxylic acids is 4. The fourth-order valence-electron chi connectivity index (χ4n) is 3.15. The Morgan fingerprint density at radius 2 is 1.60 bits per heavy atom. The van der Waals surface area contributed by atoms with E-state index in [1.54, 1.807) is 31.2 Å². The van der Waals surface area contributed by atoms with Crippen molar-refractivity contribution in [3.8, 4) is 0 Å². The first kappa shape index (κ1) is 19.3. The first-order valence-corrected chi connectivity index (χ1v) is 9.13. The number of rotatable bonds is 4. The van der Waals surface area contributed by atoms with Gasteiger partial charge >= 0.3 is 5.97 Å². The van der Waals surface area contributed by atoms with Crippen LogP contribution in [0.1, 0.15) is 55.0 Å². The van der Waals surface area contributed by atoms with Crippen LogP contribution in [0, 0.1) is 6.92 Å². The van der Waals surface area contributed by atoms with Crippen LogP contribution in [-0.4, -0.2) is 34.7 Å². The third-order valence-corrected chi connectivity index (χ3v) is 4.67.